The lowest BCUT2D eigenvalue weighted by Gasteiger charge is -2.06. The molecule has 1 aromatic carbocycles. The van der Waals surface area contributed by atoms with Crippen molar-refractivity contribution in [2.24, 2.45) is 0 Å². The molecule has 2 aromatic rings. The van der Waals surface area contributed by atoms with Crippen molar-refractivity contribution < 1.29 is 9.72 Å². The Morgan fingerprint density at radius 3 is 2.47 bits per heavy atom. The molecular weight excluding hydrogens is 246 g/mol. The maximum Gasteiger partial charge on any atom is 0.295 e. The average Bonchev–Trinajstić information content (AvgIpc) is 2.67. The molecule has 1 heterocycles. The van der Waals surface area contributed by atoms with E-state index in [0.717, 1.165) is 11.4 Å². The van der Waals surface area contributed by atoms with Crippen LogP contribution in [0.2, 0.25) is 0 Å². The summed E-state index contributed by atoms with van der Waals surface area (Å²) in [4.78, 5) is 21.9. The highest BCUT2D eigenvalue weighted by molar-refractivity contribution is 5.95. The number of ketones is 1. The molecule has 2 rings (SSSR count). The Morgan fingerprint density at radius 1 is 1.32 bits per heavy atom. The molecule has 98 valence electrons. The Balaban J connectivity index is 2.66. The van der Waals surface area contributed by atoms with E-state index in [4.69, 9.17) is 0 Å². The predicted molar refractivity (Wildman–Crippen MR) is 69.7 cm³/mol. The van der Waals surface area contributed by atoms with Crippen LogP contribution in [0.15, 0.2) is 24.3 Å². The van der Waals surface area contributed by atoms with Gasteiger partial charge >= 0.3 is 0 Å². The van der Waals surface area contributed by atoms with Gasteiger partial charge in [0.25, 0.3) is 5.69 Å². The number of Topliss-reactive ketones (excluding diaryl/α,β-unsaturated/α-hetero) is 1. The molecule has 0 radical (unpaired) electrons. The van der Waals surface area contributed by atoms with Gasteiger partial charge in [-0.15, -0.1) is 0 Å². The van der Waals surface area contributed by atoms with Crippen molar-refractivity contribution in [1.82, 2.24) is 9.78 Å². The van der Waals surface area contributed by atoms with Crippen LogP contribution in [0.5, 0.6) is 0 Å². The first kappa shape index (κ1) is 12.9. The molecule has 0 aliphatic rings. The largest absolute Gasteiger partial charge is 0.295 e. The second-order valence-corrected chi connectivity index (χ2v) is 4.36. The number of benzene rings is 1. The van der Waals surface area contributed by atoms with E-state index >= 15 is 0 Å². The molecule has 0 amide bonds. The molecule has 0 saturated carbocycles. The van der Waals surface area contributed by atoms with Crippen molar-refractivity contribution in [2.45, 2.75) is 20.8 Å². The molecule has 6 nitrogen and oxygen atoms in total. The first-order valence-electron chi connectivity index (χ1n) is 5.73. The molecule has 0 bridgehead atoms. The van der Waals surface area contributed by atoms with Gasteiger partial charge in [-0.3, -0.25) is 14.9 Å². The van der Waals surface area contributed by atoms with Gasteiger partial charge in [-0.1, -0.05) is 0 Å². The third-order valence-electron chi connectivity index (χ3n) is 2.82. The summed E-state index contributed by atoms with van der Waals surface area (Å²) in [7, 11) is 0. The average molecular weight is 259 g/mol. The van der Waals surface area contributed by atoms with Crippen LogP contribution in [0.25, 0.3) is 5.69 Å². The molecule has 0 aliphatic heterocycles. The number of rotatable bonds is 3. The van der Waals surface area contributed by atoms with Crippen molar-refractivity contribution in [3.63, 3.8) is 0 Å². The summed E-state index contributed by atoms with van der Waals surface area (Å²) in [6.45, 7) is 5.02. The summed E-state index contributed by atoms with van der Waals surface area (Å²) < 4.78 is 1.51. The summed E-state index contributed by atoms with van der Waals surface area (Å²) in [5, 5.41) is 15.4. The van der Waals surface area contributed by atoms with Gasteiger partial charge in [0.1, 0.15) is 5.69 Å². The number of carbonyl (C=O) groups excluding carboxylic acids is 1. The molecule has 0 spiro atoms. The summed E-state index contributed by atoms with van der Waals surface area (Å²) in [5.41, 5.74) is 2.13. The number of nitro groups is 1. The summed E-state index contributed by atoms with van der Waals surface area (Å²) >= 11 is 0. The molecule has 0 N–H and O–H groups in total. The normalized spacial score (nSPS) is 10.5. The van der Waals surface area contributed by atoms with E-state index in [1.54, 1.807) is 12.1 Å². The second-order valence-electron chi connectivity index (χ2n) is 4.36. The van der Waals surface area contributed by atoms with Gasteiger partial charge in [0, 0.05) is 17.3 Å². The fraction of sp³-hybridized carbons (Fsp3) is 0.231. The van der Waals surface area contributed by atoms with E-state index in [1.807, 2.05) is 19.9 Å². The number of nitro benzene ring substituents is 1. The van der Waals surface area contributed by atoms with Gasteiger partial charge < -0.3 is 0 Å². The maximum absolute atomic E-state index is 11.3. The van der Waals surface area contributed by atoms with Crippen molar-refractivity contribution in [3.8, 4) is 5.69 Å². The lowest BCUT2D eigenvalue weighted by Crippen LogP contribution is -2.05. The van der Waals surface area contributed by atoms with Gasteiger partial charge in [-0.25, -0.2) is 4.68 Å². The van der Waals surface area contributed by atoms with Crippen LogP contribution < -0.4 is 0 Å². The Hall–Kier alpha value is -2.50. The third kappa shape index (κ3) is 2.37. The van der Waals surface area contributed by atoms with E-state index in [0.29, 0.717) is 11.3 Å². The fourth-order valence-corrected chi connectivity index (χ4v) is 1.94. The Labute approximate surface area is 109 Å². The topological polar surface area (TPSA) is 78.0 Å². The van der Waals surface area contributed by atoms with Crippen LogP contribution in [0.4, 0.5) is 5.69 Å². The molecular formula is C13H13N3O3. The quantitative estimate of drug-likeness (QED) is 0.482. The summed E-state index contributed by atoms with van der Waals surface area (Å²) in [6.07, 6.45) is 0. The maximum atomic E-state index is 11.3. The van der Waals surface area contributed by atoms with Crippen molar-refractivity contribution >= 4 is 11.5 Å². The van der Waals surface area contributed by atoms with Crippen molar-refractivity contribution in [3.05, 3.63) is 51.3 Å². The molecule has 6 heteroatoms. The van der Waals surface area contributed by atoms with Crippen molar-refractivity contribution in [2.75, 3.05) is 0 Å². The van der Waals surface area contributed by atoms with E-state index in [1.165, 1.54) is 17.7 Å². The van der Waals surface area contributed by atoms with E-state index in [9.17, 15) is 14.9 Å². The number of nitrogens with zero attached hydrogens (tertiary/aromatic N) is 3. The number of aryl methyl sites for hydroxylation is 2. The highest BCUT2D eigenvalue weighted by Crippen LogP contribution is 2.25. The predicted octanol–water partition coefficient (Wildman–Crippen LogP) is 2.60. The van der Waals surface area contributed by atoms with Gasteiger partial charge in [0.05, 0.1) is 10.6 Å². The SMILES string of the molecule is CC(=O)c1ccc(-n2nc(C)cc2C)c([N+](=O)[O-])c1. The van der Waals surface area contributed by atoms with Gasteiger partial charge in [-0.2, -0.15) is 5.10 Å². The van der Waals surface area contributed by atoms with Gasteiger partial charge in [0.2, 0.25) is 0 Å². The highest BCUT2D eigenvalue weighted by Gasteiger charge is 2.19. The fourth-order valence-electron chi connectivity index (χ4n) is 1.94. The van der Waals surface area contributed by atoms with E-state index in [2.05, 4.69) is 5.10 Å². The second kappa shape index (κ2) is 4.64. The van der Waals surface area contributed by atoms with Gasteiger partial charge in [0.15, 0.2) is 5.78 Å². The van der Waals surface area contributed by atoms with Crippen LogP contribution in [-0.4, -0.2) is 20.5 Å². The first-order chi connectivity index (χ1) is 8.90. The molecule has 0 aliphatic carbocycles. The highest BCUT2D eigenvalue weighted by atomic mass is 16.6. The summed E-state index contributed by atoms with van der Waals surface area (Å²) in [5.74, 6) is -0.206. The summed E-state index contributed by atoms with van der Waals surface area (Å²) in [6, 6.07) is 6.24. The molecule has 0 saturated heterocycles. The minimum atomic E-state index is -0.502. The van der Waals surface area contributed by atoms with Crippen LogP contribution in [0, 0.1) is 24.0 Å². The lowest BCUT2D eigenvalue weighted by molar-refractivity contribution is -0.384. The monoisotopic (exact) mass is 259 g/mol. The Kier molecular flexibility index (Phi) is 3.16. The zero-order valence-corrected chi connectivity index (χ0v) is 10.9. The minimum Gasteiger partial charge on any atom is -0.295 e. The number of carbonyl (C=O) groups is 1. The van der Waals surface area contributed by atoms with E-state index < -0.39 is 4.92 Å². The van der Waals surface area contributed by atoms with Crippen LogP contribution in [0.3, 0.4) is 0 Å². The lowest BCUT2D eigenvalue weighted by atomic mass is 10.1. The van der Waals surface area contributed by atoms with Crippen LogP contribution in [0.1, 0.15) is 28.7 Å². The molecule has 19 heavy (non-hydrogen) atoms. The zero-order valence-electron chi connectivity index (χ0n) is 10.9. The molecule has 0 atom stereocenters. The van der Waals surface area contributed by atoms with Crippen molar-refractivity contribution in [1.29, 1.82) is 0 Å². The molecule has 1 aromatic heterocycles. The number of hydrogen-bond acceptors (Lipinski definition) is 4. The smallest absolute Gasteiger partial charge is 0.295 e. The molecule has 0 fully saturated rings. The third-order valence-corrected chi connectivity index (χ3v) is 2.82. The first-order valence-corrected chi connectivity index (χ1v) is 5.73. The minimum absolute atomic E-state index is 0.126. The zero-order chi connectivity index (χ0) is 14.2. The number of hydrogen-bond donors (Lipinski definition) is 0. The Bertz CT molecular complexity index is 674. The molecule has 0 unspecified atom stereocenters. The standard InChI is InChI=1S/C13H13N3O3/c1-8-6-9(2)15(14-8)12-5-4-11(10(3)17)7-13(12)16(18)19/h4-7H,1-3H3. The van der Waals surface area contributed by atoms with E-state index in [-0.39, 0.29) is 11.5 Å². The van der Waals surface area contributed by atoms with Crippen LogP contribution in [-0.2, 0) is 0 Å². The number of aromatic nitrogens is 2. The van der Waals surface area contributed by atoms with Crippen LogP contribution >= 0.6 is 0 Å². The van der Waals surface area contributed by atoms with Gasteiger partial charge in [-0.05, 0) is 39.0 Å². The Morgan fingerprint density at radius 2 is 2.00 bits per heavy atom.